The van der Waals surface area contributed by atoms with Crippen LogP contribution in [0, 0.1) is 5.41 Å². The largest absolute Gasteiger partial charge is 0.432 e. The van der Waals surface area contributed by atoms with Crippen LogP contribution in [-0.2, 0) is 4.74 Å². The number of halogens is 3. The molecule has 2 aromatic heterocycles. The molecule has 0 spiro atoms. The number of aromatic amines is 1. The lowest BCUT2D eigenvalue weighted by Crippen LogP contribution is -2.43. The fourth-order valence-electron chi connectivity index (χ4n) is 2.72. The summed E-state index contributed by atoms with van der Waals surface area (Å²) in [6, 6.07) is 1.75. The van der Waals surface area contributed by atoms with Crippen molar-refractivity contribution < 1.29 is 23.0 Å². The van der Waals surface area contributed by atoms with Crippen LogP contribution in [-0.4, -0.2) is 69.3 Å². The molecule has 11 heteroatoms. The first-order valence-electron chi connectivity index (χ1n) is 8.55. The average molecular weight is 396 g/mol. The molecule has 1 aliphatic rings. The van der Waals surface area contributed by atoms with Gasteiger partial charge in [0.15, 0.2) is 0 Å². The van der Waals surface area contributed by atoms with Gasteiger partial charge < -0.3 is 19.7 Å². The Kier molecular flexibility index (Phi) is 6.05. The third-order valence-corrected chi connectivity index (χ3v) is 4.15. The van der Waals surface area contributed by atoms with Crippen LogP contribution in [0.2, 0.25) is 0 Å². The number of aromatic nitrogens is 4. The fraction of sp³-hybridized carbons (Fsp3) is 0.412. The second-order valence-electron chi connectivity index (χ2n) is 6.14. The SMILES string of the molecule is N=C(/C=C\c1ncc(-c2cc(N3CCOC(CCO)C3)ncn2)[nH]1)C(F)(F)F. The highest BCUT2D eigenvalue weighted by atomic mass is 19.4. The average Bonchev–Trinajstić information content (AvgIpc) is 3.15. The maximum atomic E-state index is 12.4. The van der Waals surface area contributed by atoms with Crippen LogP contribution in [0.1, 0.15) is 12.2 Å². The van der Waals surface area contributed by atoms with E-state index in [9.17, 15) is 13.2 Å². The standard InChI is InChI=1S/C17H19F3N6O2/c18-17(19,20)14(21)1-2-15-22-8-13(25-15)12-7-16(24-10-23-12)26-4-6-28-11(9-26)3-5-27/h1-2,7-8,10-11,21,27H,3-6,9H2,(H,22,25)/b2-1-,21-14?. The number of nitrogens with zero attached hydrogens (tertiary/aromatic N) is 4. The lowest BCUT2D eigenvalue weighted by atomic mass is 10.2. The summed E-state index contributed by atoms with van der Waals surface area (Å²) in [4.78, 5) is 17.3. The summed E-state index contributed by atoms with van der Waals surface area (Å²) in [6.45, 7) is 1.81. The van der Waals surface area contributed by atoms with Crippen molar-refractivity contribution in [2.45, 2.75) is 18.7 Å². The van der Waals surface area contributed by atoms with E-state index in [0.29, 0.717) is 49.4 Å². The molecule has 8 nitrogen and oxygen atoms in total. The first-order valence-corrected chi connectivity index (χ1v) is 8.55. The summed E-state index contributed by atoms with van der Waals surface area (Å²) >= 11 is 0. The van der Waals surface area contributed by atoms with Gasteiger partial charge in [-0.25, -0.2) is 15.0 Å². The van der Waals surface area contributed by atoms with Gasteiger partial charge in [-0.15, -0.1) is 0 Å². The molecular formula is C17H19F3N6O2. The van der Waals surface area contributed by atoms with Gasteiger partial charge in [0.1, 0.15) is 23.7 Å². The van der Waals surface area contributed by atoms with E-state index in [-0.39, 0.29) is 18.5 Å². The summed E-state index contributed by atoms with van der Waals surface area (Å²) in [5.74, 6) is 0.861. The highest BCUT2D eigenvalue weighted by molar-refractivity contribution is 5.99. The normalized spacial score (nSPS) is 18.0. The molecule has 1 saturated heterocycles. The van der Waals surface area contributed by atoms with Gasteiger partial charge in [-0.05, 0) is 18.6 Å². The van der Waals surface area contributed by atoms with Gasteiger partial charge in [0, 0.05) is 25.8 Å². The predicted octanol–water partition coefficient (Wildman–Crippen LogP) is 2.05. The van der Waals surface area contributed by atoms with Crippen molar-refractivity contribution in [2.75, 3.05) is 31.2 Å². The molecule has 1 atom stereocenters. The number of H-pyrrole nitrogens is 1. The van der Waals surface area contributed by atoms with Crippen molar-refractivity contribution >= 4 is 17.6 Å². The number of ether oxygens (including phenoxy) is 1. The number of anilines is 1. The first kappa shape index (κ1) is 20.0. The van der Waals surface area contributed by atoms with Gasteiger partial charge >= 0.3 is 6.18 Å². The van der Waals surface area contributed by atoms with Gasteiger partial charge in [0.05, 0.1) is 30.3 Å². The molecule has 3 N–H and O–H groups in total. The summed E-state index contributed by atoms with van der Waals surface area (Å²) in [5.41, 5.74) is -0.408. The van der Waals surface area contributed by atoms with E-state index in [4.69, 9.17) is 15.3 Å². The van der Waals surface area contributed by atoms with Gasteiger partial charge in [-0.2, -0.15) is 13.2 Å². The third-order valence-electron chi connectivity index (χ3n) is 4.15. The van der Waals surface area contributed by atoms with Crippen LogP contribution in [0.15, 0.2) is 24.7 Å². The van der Waals surface area contributed by atoms with E-state index < -0.39 is 11.9 Å². The van der Waals surface area contributed by atoms with Crippen LogP contribution in [0.25, 0.3) is 17.5 Å². The fourth-order valence-corrected chi connectivity index (χ4v) is 2.72. The predicted molar refractivity (Wildman–Crippen MR) is 96.1 cm³/mol. The minimum atomic E-state index is -4.69. The Morgan fingerprint density at radius 2 is 2.21 bits per heavy atom. The minimum absolute atomic E-state index is 0.0454. The van der Waals surface area contributed by atoms with Crippen LogP contribution in [0.5, 0.6) is 0 Å². The first-order chi connectivity index (χ1) is 13.4. The number of alkyl halides is 3. The van der Waals surface area contributed by atoms with Crippen molar-refractivity contribution in [3.8, 4) is 11.4 Å². The smallest absolute Gasteiger partial charge is 0.396 e. The number of allylic oxidation sites excluding steroid dienone is 1. The zero-order chi connectivity index (χ0) is 20.1. The number of morpholine rings is 1. The Bertz CT molecular complexity index is 849. The molecule has 0 radical (unpaired) electrons. The summed E-state index contributed by atoms with van der Waals surface area (Å²) in [7, 11) is 0. The number of rotatable bonds is 6. The van der Waals surface area contributed by atoms with Crippen molar-refractivity contribution in [3.05, 3.63) is 30.5 Å². The molecule has 0 aliphatic carbocycles. The molecular weight excluding hydrogens is 377 g/mol. The maximum absolute atomic E-state index is 12.4. The third kappa shape index (κ3) is 4.93. The molecule has 1 fully saturated rings. The van der Waals surface area contributed by atoms with E-state index in [1.807, 2.05) is 4.90 Å². The molecule has 2 aromatic rings. The number of aliphatic hydroxyl groups excluding tert-OH is 1. The quantitative estimate of drug-likeness (QED) is 0.645. The van der Waals surface area contributed by atoms with Crippen LogP contribution in [0.3, 0.4) is 0 Å². The van der Waals surface area contributed by atoms with Crippen molar-refractivity contribution in [2.24, 2.45) is 0 Å². The minimum Gasteiger partial charge on any atom is -0.396 e. The van der Waals surface area contributed by atoms with Crippen molar-refractivity contribution in [3.63, 3.8) is 0 Å². The van der Waals surface area contributed by atoms with E-state index in [1.165, 1.54) is 12.5 Å². The Morgan fingerprint density at radius 1 is 1.39 bits per heavy atom. The molecule has 3 rings (SSSR count). The molecule has 150 valence electrons. The molecule has 0 saturated carbocycles. The lowest BCUT2D eigenvalue weighted by molar-refractivity contribution is -0.0583. The lowest BCUT2D eigenvalue weighted by Gasteiger charge is -2.33. The number of nitrogens with one attached hydrogen (secondary N) is 2. The molecule has 28 heavy (non-hydrogen) atoms. The van der Waals surface area contributed by atoms with Gasteiger partial charge in [-0.3, -0.25) is 5.41 Å². The Hall–Kier alpha value is -2.79. The van der Waals surface area contributed by atoms with E-state index >= 15 is 0 Å². The number of hydrogen-bond donors (Lipinski definition) is 3. The Balaban J connectivity index is 1.73. The maximum Gasteiger partial charge on any atom is 0.432 e. The number of imidazole rings is 1. The van der Waals surface area contributed by atoms with E-state index in [0.717, 1.165) is 6.08 Å². The second-order valence-corrected chi connectivity index (χ2v) is 6.14. The van der Waals surface area contributed by atoms with E-state index in [1.54, 1.807) is 6.07 Å². The monoisotopic (exact) mass is 396 g/mol. The molecule has 0 bridgehead atoms. The summed E-state index contributed by atoms with van der Waals surface area (Å²) < 4.78 is 42.7. The van der Waals surface area contributed by atoms with Gasteiger partial charge in [-0.1, -0.05) is 0 Å². The molecule has 1 unspecified atom stereocenters. The molecule has 0 amide bonds. The number of hydrogen-bond acceptors (Lipinski definition) is 7. The van der Waals surface area contributed by atoms with Crippen molar-refractivity contribution in [1.29, 1.82) is 5.41 Å². The van der Waals surface area contributed by atoms with Crippen LogP contribution >= 0.6 is 0 Å². The highest BCUT2D eigenvalue weighted by Crippen LogP contribution is 2.22. The Morgan fingerprint density at radius 3 is 2.96 bits per heavy atom. The van der Waals surface area contributed by atoms with Crippen LogP contribution in [0.4, 0.5) is 19.0 Å². The zero-order valence-corrected chi connectivity index (χ0v) is 14.8. The van der Waals surface area contributed by atoms with Gasteiger partial charge in [0.2, 0.25) is 0 Å². The second kappa shape index (κ2) is 8.48. The topological polar surface area (TPSA) is 111 Å². The van der Waals surface area contributed by atoms with Gasteiger partial charge in [0.25, 0.3) is 0 Å². The van der Waals surface area contributed by atoms with Crippen molar-refractivity contribution in [1.82, 2.24) is 19.9 Å². The molecule has 1 aliphatic heterocycles. The summed E-state index contributed by atoms with van der Waals surface area (Å²) in [6.07, 6.45) is 0.349. The number of aliphatic hydroxyl groups is 1. The molecule has 0 aromatic carbocycles. The molecule has 3 heterocycles. The van der Waals surface area contributed by atoms with Crippen LogP contribution < -0.4 is 4.90 Å². The Labute approximate surface area is 158 Å². The zero-order valence-electron chi connectivity index (χ0n) is 14.8. The van der Waals surface area contributed by atoms with E-state index in [2.05, 4.69) is 19.9 Å². The summed E-state index contributed by atoms with van der Waals surface area (Å²) in [5, 5.41) is 16.0. The highest BCUT2D eigenvalue weighted by Gasteiger charge is 2.32.